The summed E-state index contributed by atoms with van der Waals surface area (Å²) < 4.78 is 6.86. The van der Waals surface area contributed by atoms with E-state index < -0.39 is 8.32 Å². The highest BCUT2D eigenvalue weighted by Gasteiger charge is 2.47. The highest BCUT2D eigenvalue weighted by molar-refractivity contribution is 6.77. The Balaban J connectivity index is 2.86. The van der Waals surface area contributed by atoms with E-state index in [4.69, 9.17) is 4.43 Å². The highest BCUT2D eigenvalue weighted by Crippen LogP contribution is 2.46. The summed E-state index contributed by atoms with van der Waals surface area (Å²) in [7, 11) is -1.65. The van der Waals surface area contributed by atoms with Gasteiger partial charge in [0, 0.05) is 6.10 Å². The van der Waals surface area contributed by atoms with Crippen LogP contribution < -0.4 is 0 Å². The lowest BCUT2D eigenvalue weighted by atomic mass is 10.0. The Hall–Kier alpha value is 0.177. The van der Waals surface area contributed by atoms with Crippen LogP contribution in [0.4, 0.5) is 0 Å². The van der Waals surface area contributed by atoms with Gasteiger partial charge in [0.05, 0.1) is 0 Å². The fourth-order valence-corrected chi connectivity index (χ4v) is 9.77. The molecule has 0 amide bonds. The second kappa shape index (κ2) is 6.09. The van der Waals surface area contributed by atoms with Gasteiger partial charge in [0.1, 0.15) is 0 Å². The Morgan fingerprint density at radius 1 is 0.778 bits per heavy atom. The van der Waals surface area contributed by atoms with Gasteiger partial charge in [-0.15, -0.1) is 0 Å². The molecule has 18 heavy (non-hydrogen) atoms. The van der Waals surface area contributed by atoms with E-state index in [2.05, 4.69) is 55.4 Å². The third-order valence-corrected chi connectivity index (χ3v) is 11.5. The first-order chi connectivity index (χ1) is 8.21. The molecule has 1 rings (SSSR count). The van der Waals surface area contributed by atoms with E-state index in [1.807, 2.05) is 0 Å². The summed E-state index contributed by atoms with van der Waals surface area (Å²) in [5, 5.41) is 0. The van der Waals surface area contributed by atoms with E-state index in [1.165, 1.54) is 12.8 Å². The maximum absolute atomic E-state index is 6.86. The number of hydrogen-bond donors (Lipinski definition) is 0. The van der Waals surface area contributed by atoms with Gasteiger partial charge in [-0.3, -0.25) is 0 Å². The minimum atomic E-state index is -1.65. The van der Waals surface area contributed by atoms with Crippen LogP contribution in [0.2, 0.25) is 16.6 Å². The Bertz CT molecular complexity index is 228. The Morgan fingerprint density at radius 2 is 1.11 bits per heavy atom. The van der Waals surface area contributed by atoms with Crippen molar-refractivity contribution >= 4 is 8.32 Å². The van der Waals surface area contributed by atoms with Crippen LogP contribution in [0.5, 0.6) is 0 Å². The van der Waals surface area contributed by atoms with Gasteiger partial charge in [0.2, 0.25) is 8.32 Å². The molecule has 1 saturated carbocycles. The molecule has 2 unspecified atom stereocenters. The fourth-order valence-electron chi connectivity index (χ4n) is 4.18. The topological polar surface area (TPSA) is 9.23 Å². The lowest BCUT2D eigenvalue weighted by Gasteiger charge is -2.44. The first kappa shape index (κ1) is 16.2. The van der Waals surface area contributed by atoms with E-state index in [1.54, 1.807) is 0 Å². The van der Waals surface area contributed by atoms with Crippen molar-refractivity contribution < 1.29 is 4.43 Å². The number of hydrogen-bond acceptors (Lipinski definition) is 1. The quantitative estimate of drug-likeness (QED) is 0.590. The predicted octanol–water partition coefficient (Wildman–Crippen LogP) is 5.61. The minimum Gasteiger partial charge on any atom is -0.413 e. The molecule has 0 N–H and O–H groups in total. The Morgan fingerprint density at radius 3 is 1.39 bits per heavy atom. The van der Waals surface area contributed by atoms with Gasteiger partial charge in [-0.2, -0.15) is 0 Å². The van der Waals surface area contributed by atoms with Crippen molar-refractivity contribution in [3.8, 4) is 0 Å². The molecule has 1 nitrogen and oxygen atoms in total. The van der Waals surface area contributed by atoms with E-state index in [9.17, 15) is 0 Å². The van der Waals surface area contributed by atoms with Crippen LogP contribution in [0.3, 0.4) is 0 Å². The van der Waals surface area contributed by atoms with Crippen LogP contribution in [-0.4, -0.2) is 14.4 Å². The Labute approximate surface area is 116 Å². The van der Waals surface area contributed by atoms with Crippen molar-refractivity contribution in [1.82, 2.24) is 0 Å². The van der Waals surface area contributed by atoms with Gasteiger partial charge in [0.25, 0.3) is 0 Å². The minimum absolute atomic E-state index is 0.536. The van der Waals surface area contributed by atoms with Crippen molar-refractivity contribution in [3.05, 3.63) is 0 Å². The molecule has 1 aliphatic rings. The van der Waals surface area contributed by atoms with Crippen LogP contribution in [0.15, 0.2) is 0 Å². The van der Waals surface area contributed by atoms with Crippen molar-refractivity contribution in [2.45, 2.75) is 91.0 Å². The summed E-state index contributed by atoms with van der Waals surface area (Å²) in [5.41, 5.74) is 2.14. The van der Waals surface area contributed by atoms with E-state index in [0.717, 1.165) is 11.8 Å². The monoisotopic (exact) mass is 270 g/mol. The van der Waals surface area contributed by atoms with Gasteiger partial charge < -0.3 is 4.43 Å². The molecule has 0 aromatic rings. The standard InChI is InChI=1S/C16H34OSi/c1-11(2)18(12(3)4,13(5)6)17-16-9-14(7)15(8)10-16/h11-16H,9-10H2,1-8H3. The van der Waals surface area contributed by atoms with Crippen molar-refractivity contribution in [2.24, 2.45) is 11.8 Å². The average Bonchev–Trinajstić information content (AvgIpc) is 2.53. The fraction of sp³-hybridized carbons (Fsp3) is 1.00. The molecule has 1 aliphatic carbocycles. The molecular weight excluding hydrogens is 236 g/mol. The second-order valence-electron chi connectivity index (χ2n) is 7.48. The molecule has 0 aromatic heterocycles. The van der Waals surface area contributed by atoms with Crippen LogP contribution >= 0.6 is 0 Å². The second-order valence-corrected chi connectivity index (χ2v) is 12.9. The van der Waals surface area contributed by atoms with E-state index in [0.29, 0.717) is 22.7 Å². The van der Waals surface area contributed by atoms with Crippen LogP contribution in [0.25, 0.3) is 0 Å². The van der Waals surface area contributed by atoms with Crippen molar-refractivity contribution in [3.63, 3.8) is 0 Å². The summed E-state index contributed by atoms with van der Waals surface area (Å²) in [6, 6.07) is 0. The van der Waals surface area contributed by atoms with Crippen molar-refractivity contribution in [2.75, 3.05) is 0 Å². The van der Waals surface area contributed by atoms with Gasteiger partial charge in [0.15, 0.2) is 0 Å². The molecule has 0 bridgehead atoms. The third kappa shape index (κ3) is 3.01. The van der Waals surface area contributed by atoms with Gasteiger partial charge >= 0.3 is 0 Å². The van der Waals surface area contributed by atoms with Crippen LogP contribution in [-0.2, 0) is 4.43 Å². The Kier molecular flexibility index (Phi) is 5.49. The molecule has 108 valence electrons. The molecule has 0 spiro atoms. The van der Waals surface area contributed by atoms with E-state index >= 15 is 0 Å². The van der Waals surface area contributed by atoms with E-state index in [-0.39, 0.29) is 0 Å². The summed E-state index contributed by atoms with van der Waals surface area (Å²) in [6.07, 6.45) is 3.10. The lowest BCUT2D eigenvalue weighted by Crippen LogP contribution is -2.49. The molecule has 0 radical (unpaired) electrons. The molecule has 0 heterocycles. The van der Waals surface area contributed by atoms with Gasteiger partial charge in [-0.1, -0.05) is 55.4 Å². The van der Waals surface area contributed by atoms with Crippen molar-refractivity contribution in [1.29, 1.82) is 0 Å². The molecule has 0 saturated heterocycles. The number of rotatable bonds is 5. The smallest absolute Gasteiger partial charge is 0.200 e. The predicted molar refractivity (Wildman–Crippen MR) is 83.5 cm³/mol. The third-order valence-electron chi connectivity index (χ3n) is 5.32. The van der Waals surface area contributed by atoms with Gasteiger partial charge in [-0.05, 0) is 41.3 Å². The van der Waals surface area contributed by atoms with Gasteiger partial charge in [-0.25, -0.2) is 0 Å². The van der Waals surface area contributed by atoms with Crippen LogP contribution in [0.1, 0.15) is 68.2 Å². The molecule has 2 heteroatoms. The molecule has 0 aromatic carbocycles. The summed E-state index contributed by atoms with van der Waals surface area (Å²) in [5.74, 6) is 1.68. The first-order valence-electron chi connectivity index (χ1n) is 7.89. The maximum atomic E-state index is 6.86. The average molecular weight is 271 g/mol. The molecule has 1 fully saturated rings. The zero-order valence-corrected chi connectivity index (χ0v) is 14.8. The normalized spacial score (nSPS) is 29.8. The lowest BCUT2D eigenvalue weighted by molar-refractivity contribution is 0.174. The van der Waals surface area contributed by atoms with Crippen LogP contribution in [0, 0.1) is 11.8 Å². The zero-order valence-electron chi connectivity index (χ0n) is 13.8. The zero-order chi connectivity index (χ0) is 14.1. The first-order valence-corrected chi connectivity index (χ1v) is 10.0. The largest absolute Gasteiger partial charge is 0.413 e. The highest BCUT2D eigenvalue weighted by atomic mass is 28.4. The SMILES string of the molecule is CC1CC(O[Si](C(C)C)(C(C)C)C(C)C)CC1C. The molecule has 2 atom stereocenters. The summed E-state index contributed by atoms with van der Waals surface area (Å²) in [6.45, 7) is 19.1. The molecule has 0 aliphatic heterocycles. The summed E-state index contributed by atoms with van der Waals surface area (Å²) >= 11 is 0. The maximum Gasteiger partial charge on any atom is 0.200 e. The molecular formula is C16H34OSi. The summed E-state index contributed by atoms with van der Waals surface area (Å²) in [4.78, 5) is 0.